The van der Waals surface area contributed by atoms with Gasteiger partial charge in [-0.2, -0.15) is 5.10 Å². The molecule has 0 radical (unpaired) electrons. The van der Waals surface area contributed by atoms with E-state index in [1.807, 2.05) is 0 Å². The van der Waals surface area contributed by atoms with E-state index in [4.69, 9.17) is 0 Å². The lowest BCUT2D eigenvalue weighted by Gasteiger charge is -2.34. The summed E-state index contributed by atoms with van der Waals surface area (Å²) in [5, 5.41) is 6.07. The standard InChI is InChI=1S/C12H16N4O2/c17-11-4-3-10(13-14-11)12(18)16-7-5-15(6-8-16)9-1-2-9/h3-4,9H,1-2,5-8H2,(H,14,17). The van der Waals surface area contributed by atoms with E-state index in [1.165, 1.54) is 25.0 Å². The molecule has 1 amide bonds. The Labute approximate surface area is 105 Å². The van der Waals surface area contributed by atoms with Crippen molar-refractivity contribution in [2.45, 2.75) is 18.9 Å². The Bertz CT molecular complexity index is 481. The van der Waals surface area contributed by atoms with Gasteiger partial charge in [0.25, 0.3) is 11.5 Å². The summed E-state index contributed by atoms with van der Waals surface area (Å²) in [6.45, 7) is 3.38. The number of piperazine rings is 1. The predicted octanol–water partition coefficient (Wildman–Crippen LogP) is -0.310. The fourth-order valence-corrected chi connectivity index (χ4v) is 2.36. The molecule has 1 N–H and O–H groups in total. The van der Waals surface area contributed by atoms with Gasteiger partial charge < -0.3 is 4.90 Å². The second kappa shape index (κ2) is 4.53. The SMILES string of the molecule is O=C(c1ccc(=O)[nH]n1)N1CCN(C2CC2)CC1. The Morgan fingerprint density at radius 1 is 1.22 bits per heavy atom. The number of nitrogens with one attached hydrogen (secondary N) is 1. The van der Waals surface area contributed by atoms with Crippen LogP contribution in [0.1, 0.15) is 23.3 Å². The van der Waals surface area contributed by atoms with Crippen molar-refractivity contribution in [1.29, 1.82) is 0 Å². The average molecular weight is 248 g/mol. The van der Waals surface area contributed by atoms with E-state index in [9.17, 15) is 9.59 Å². The van der Waals surface area contributed by atoms with Gasteiger partial charge in [-0.25, -0.2) is 5.10 Å². The fourth-order valence-electron chi connectivity index (χ4n) is 2.36. The molecule has 1 aliphatic carbocycles. The molecule has 1 saturated heterocycles. The topological polar surface area (TPSA) is 69.3 Å². The van der Waals surface area contributed by atoms with Crippen LogP contribution in [-0.2, 0) is 0 Å². The second-order valence-electron chi connectivity index (χ2n) is 4.87. The summed E-state index contributed by atoms with van der Waals surface area (Å²) in [4.78, 5) is 27.3. The number of aromatic amines is 1. The highest BCUT2D eigenvalue weighted by molar-refractivity contribution is 5.92. The van der Waals surface area contributed by atoms with Gasteiger partial charge >= 0.3 is 0 Å². The summed E-state index contributed by atoms with van der Waals surface area (Å²) in [5.41, 5.74) is 0.0274. The number of hydrogen-bond acceptors (Lipinski definition) is 4. The van der Waals surface area contributed by atoms with Gasteiger partial charge in [0.2, 0.25) is 0 Å². The molecule has 0 unspecified atom stereocenters. The fraction of sp³-hybridized carbons (Fsp3) is 0.583. The molecule has 0 spiro atoms. The number of carbonyl (C=O) groups excluding carboxylic acids is 1. The highest BCUT2D eigenvalue weighted by Crippen LogP contribution is 2.27. The van der Waals surface area contributed by atoms with E-state index in [-0.39, 0.29) is 11.5 Å². The van der Waals surface area contributed by atoms with Gasteiger partial charge in [0, 0.05) is 38.3 Å². The van der Waals surface area contributed by atoms with Gasteiger partial charge in [0.1, 0.15) is 5.69 Å². The van der Waals surface area contributed by atoms with Crippen molar-refractivity contribution in [2.75, 3.05) is 26.2 Å². The minimum Gasteiger partial charge on any atom is -0.335 e. The van der Waals surface area contributed by atoms with Gasteiger partial charge in [-0.05, 0) is 18.9 Å². The van der Waals surface area contributed by atoms with Crippen molar-refractivity contribution >= 4 is 5.91 Å². The Morgan fingerprint density at radius 3 is 2.50 bits per heavy atom. The quantitative estimate of drug-likeness (QED) is 0.779. The molecule has 0 bridgehead atoms. The maximum Gasteiger partial charge on any atom is 0.274 e. The molecule has 0 aromatic carbocycles. The molecule has 0 atom stereocenters. The van der Waals surface area contributed by atoms with E-state index in [0.29, 0.717) is 5.69 Å². The van der Waals surface area contributed by atoms with Crippen LogP contribution in [0.3, 0.4) is 0 Å². The lowest BCUT2D eigenvalue weighted by atomic mass is 10.2. The summed E-state index contributed by atoms with van der Waals surface area (Å²) >= 11 is 0. The average Bonchev–Trinajstić information content (AvgIpc) is 3.23. The van der Waals surface area contributed by atoms with Gasteiger partial charge in [-0.15, -0.1) is 0 Å². The normalized spacial score (nSPS) is 21.0. The lowest BCUT2D eigenvalue weighted by Crippen LogP contribution is -2.49. The molecule has 6 heteroatoms. The first-order chi connectivity index (χ1) is 8.74. The molecule has 96 valence electrons. The summed E-state index contributed by atoms with van der Waals surface area (Å²) in [6, 6.07) is 3.57. The van der Waals surface area contributed by atoms with Crippen LogP contribution in [-0.4, -0.2) is 58.1 Å². The third-order valence-corrected chi connectivity index (χ3v) is 3.56. The summed E-state index contributed by atoms with van der Waals surface area (Å²) in [6.07, 6.45) is 2.60. The smallest absolute Gasteiger partial charge is 0.274 e. The minimum atomic E-state index is -0.287. The Morgan fingerprint density at radius 2 is 1.94 bits per heavy atom. The van der Waals surface area contributed by atoms with Crippen molar-refractivity contribution in [3.8, 4) is 0 Å². The van der Waals surface area contributed by atoms with Gasteiger partial charge in [-0.1, -0.05) is 0 Å². The van der Waals surface area contributed by atoms with Crippen molar-refractivity contribution < 1.29 is 4.79 Å². The van der Waals surface area contributed by atoms with Crippen LogP contribution >= 0.6 is 0 Å². The van der Waals surface area contributed by atoms with Crippen LogP contribution in [0, 0.1) is 0 Å². The first kappa shape index (κ1) is 11.4. The van der Waals surface area contributed by atoms with Gasteiger partial charge in [0.15, 0.2) is 0 Å². The minimum absolute atomic E-state index is 0.0957. The Balaban J connectivity index is 1.63. The zero-order valence-corrected chi connectivity index (χ0v) is 10.1. The van der Waals surface area contributed by atoms with E-state index in [1.54, 1.807) is 4.90 Å². The second-order valence-corrected chi connectivity index (χ2v) is 4.87. The van der Waals surface area contributed by atoms with E-state index < -0.39 is 0 Å². The first-order valence-electron chi connectivity index (χ1n) is 6.33. The number of hydrogen-bond donors (Lipinski definition) is 1. The lowest BCUT2D eigenvalue weighted by molar-refractivity contribution is 0.0620. The van der Waals surface area contributed by atoms with Crippen molar-refractivity contribution in [3.63, 3.8) is 0 Å². The van der Waals surface area contributed by atoms with Crippen LogP contribution in [0.2, 0.25) is 0 Å². The van der Waals surface area contributed by atoms with Crippen molar-refractivity contribution in [3.05, 3.63) is 28.2 Å². The summed E-state index contributed by atoms with van der Waals surface area (Å²) in [5.74, 6) is -0.0957. The van der Waals surface area contributed by atoms with Crippen molar-refractivity contribution in [1.82, 2.24) is 20.0 Å². The van der Waals surface area contributed by atoms with Crippen LogP contribution < -0.4 is 5.56 Å². The predicted molar refractivity (Wildman–Crippen MR) is 65.4 cm³/mol. The largest absolute Gasteiger partial charge is 0.335 e. The van der Waals surface area contributed by atoms with Crippen LogP contribution in [0.4, 0.5) is 0 Å². The molecule has 1 saturated carbocycles. The number of nitrogens with zero attached hydrogens (tertiary/aromatic N) is 3. The Hall–Kier alpha value is -1.69. The maximum atomic E-state index is 12.1. The maximum absolute atomic E-state index is 12.1. The molecule has 2 aliphatic rings. The highest BCUT2D eigenvalue weighted by atomic mass is 16.2. The molecular formula is C12H16N4O2. The van der Waals surface area contributed by atoms with E-state index in [2.05, 4.69) is 15.1 Å². The van der Waals surface area contributed by atoms with Crippen molar-refractivity contribution in [2.24, 2.45) is 0 Å². The van der Waals surface area contributed by atoms with E-state index >= 15 is 0 Å². The number of rotatable bonds is 2. The number of H-pyrrole nitrogens is 1. The Kier molecular flexibility index (Phi) is 2.87. The molecule has 1 aromatic rings. The summed E-state index contributed by atoms with van der Waals surface area (Å²) in [7, 11) is 0. The monoisotopic (exact) mass is 248 g/mol. The van der Waals surface area contributed by atoms with Gasteiger partial charge in [0.05, 0.1) is 0 Å². The molecular weight excluding hydrogens is 232 g/mol. The van der Waals surface area contributed by atoms with Crippen LogP contribution in [0.15, 0.2) is 16.9 Å². The van der Waals surface area contributed by atoms with Crippen LogP contribution in [0.25, 0.3) is 0 Å². The highest BCUT2D eigenvalue weighted by Gasteiger charge is 2.32. The summed E-state index contributed by atoms with van der Waals surface area (Å²) < 4.78 is 0. The zero-order valence-electron chi connectivity index (χ0n) is 10.1. The number of amides is 1. The third kappa shape index (κ3) is 2.28. The number of carbonyl (C=O) groups is 1. The van der Waals surface area contributed by atoms with Gasteiger partial charge in [-0.3, -0.25) is 14.5 Å². The molecule has 3 rings (SSSR count). The molecule has 6 nitrogen and oxygen atoms in total. The number of aromatic nitrogens is 2. The van der Waals surface area contributed by atoms with E-state index in [0.717, 1.165) is 32.2 Å². The molecule has 2 fully saturated rings. The molecule has 1 aromatic heterocycles. The van der Waals surface area contributed by atoms with Crippen LogP contribution in [0.5, 0.6) is 0 Å². The molecule has 1 aliphatic heterocycles. The molecule has 18 heavy (non-hydrogen) atoms. The molecule has 2 heterocycles. The third-order valence-electron chi connectivity index (χ3n) is 3.56. The first-order valence-corrected chi connectivity index (χ1v) is 6.33. The zero-order chi connectivity index (χ0) is 12.5.